The monoisotopic (exact) mass is 386 g/mol. The molecule has 0 spiro atoms. The molecule has 0 radical (unpaired) electrons. The smallest absolute Gasteiger partial charge is 0.349 e. The van der Waals surface area contributed by atoms with Gasteiger partial charge in [-0.3, -0.25) is 0 Å². The van der Waals surface area contributed by atoms with Crippen molar-refractivity contribution in [2.24, 2.45) is 0 Å². The summed E-state index contributed by atoms with van der Waals surface area (Å²) >= 11 is 3.35. The Balaban J connectivity index is 1.66. The number of benzene rings is 3. The van der Waals surface area contributed by atoms with Gasteiger partial charge in [0.1, 0.15) is 17.2 Å². The second kappa shape index (κ2) is 7.36. The molecule has 3 aromatic rings. The van der Waals surface area contributed by atoms with Crippen LogP contribution < -0.4 is 14.2 Å². The number of halogens is 1. The van der Waals surface area contributed by atoms with Crippen molar-refractivity contribution in [3.63, 3.8) is 0 Å². The van der Waals surface area contributed by atoms with E-state index in [9.17, 15) is 4.79 Å². The van der Waals surface area contributed by atoms with Crippen molar-refractivity contribution in [2.75, 3.05) is 13.7 Å². The van der Waals surface area contributed by atoms with E-state index in [0.29, 0.717) is 11.5 Å². The second-order valence-corrected chi connectivity index (χ2v) is 6.01. The molecule has 0 aliphatic rings. The van der Waals surface area contributed by atoms with E-state index in [1.165, 1.54) is 0 Å². The van der Waals surface area contributed by atoms with Crippen molar-refractivity contribution in [1.82, 2.24) is 0 Å². The summed E-state index contributed by atoms with van der Waals surface area (Å²) in [7, 11) is 1.62. The molecule has 122 valence electrons. The summed E-state index contributed by atoms with van der Waals surface area (Å²) in [6, 6.07) is 18.5. The number of ether oxygens (including phenoxy) is 3. The van der Waals surface area contributed by atoms with Crippen molar-refractivity contribution in [3.05, 3.63) is 65.1 Å². The predicted molar refractivity (Wildman–Crippen MR) is 95.8 cm³/mol. The summed E-state index contributed by atoms with van der Waals surface area (Å²) in [5, 5.41) is 1.98. The third kappa shape index (κ3) is 4.06. The lowest BCUT2D eigenvalue weighted by atomic mass is 10.1. The highest BCUT2D eigenvalue weighted by atomic mass is 79.9. The SMILES string of the molecule is COc1ccc2ccc(OC(=O)COc3cccc(Br)c3)cc2c1. The first-order valence-corrected chi connectivity index (χ1v) is 8.10. The molecule has 0 N–H and O–H groups in total. The van der Waals surface area contributed by atoms with Gasteiger partial charge in [0.2, 0.25) is 0 Å². The van der Waals surface area contributed by atoms with Crippen LogP contribution in [0, 0.1) is 0 Å². The highest BCUT2D eigenvalue weighted by Gasteiger charge is 2.07. The van der Waals surface area contributed by atoms with Crippen LogP contribution in [0.4, 0.5) is 0 Å². The number of esters is 1. The van der Waals surface area contributed by atoms with Crippen molar-refractivity contribution >= 4 is 32.7 Å². The molecule has 5 heteroatoms. The highest BCUT2D eigenvalue weighted by Crippen LogP contribution is 2.25. The zero-order chi connectivity index (χ0) is 16.9. The summed E-state index contributed by atoms with van der Waals surface area (Å²) in [5.74, 6) is 1.37. The lowest BCUT2D eigenvalue weighted by Gasteiger charge is -2.08. The first-order valence-electron chi connectivity index (χ1n) is 7.31. The van der Waals surface area contributed by atoms with Crippen LogP contribution in [0.2, 0.25) is 0 Å². The van der Waals surface area contributed by atoms with Gasteiger partial charge in [0.05, 0.1) is 7.11 Å². The fourth-order valence-corrected chi connectivity index (χ4v) is 2.63. The topological polar surface area (TPSA) is 44.8 Å². The summed E-state index contributed by atoms with van der Waals surface area (Å²) < 4.78 is 16.8. The summed E-state index contributed by atoms with van der Waals surface area (Å²) in [4.78, 5) is 11.9. The average molecular weight is 387 g/mol. The molecule has 0 amide bonds. The van der Waals surface area contributed by atoms with Crippen LogP contribution in [0.5, 0.6) is 17.2 Å². The highest BCUT2D eigenvalue weighted by molar-refractivity contribution is 9.10. The number of hydrogen-bond donors (Lipinski definition) is 0. The van der Waals surface area contributed by atoms with Gasteiger partial charge in [0.25, 0.3) is 0 Å². The molecule has 0 bridgehead atoms. The van der Waals surface area contributed by atoms with Crippen molar-refractivity contribution in [2.45, 2.75) is 0 Å². The normalized spacial score (nSPS) is 10.4. The molecule has 0 saturated carbocycles. The lowest BCUT2D eigenvalue weighted by molar-refractivity contribution is -0.136. The molecule has 3 aromatic carbocycles. The molecule has 0 saturated heterocycles. The maximum atomic E-state index is 11.9. The van der Waals surface area contributed by atoms with Crippen LogP contribution in [0.1, 0.15) is 0 Å². The van der Waals surface area contributed by atoms with Crippen molar-refractivity contribution in [1.29, 1.82) is 0 Å². The predicted octanol–water partition coefficient (Wildman–Crippen LogP) is 4.60. The van der Waals surface area contributed by atoms with Crippen LogP contribution in [0.25, 0.3) is 10.8 Å². The molecular formula is C19H15BrO4. The molecule has 0 atom stereocenters. The Morgan fingerprint density at radius 3 is 2.42 bits per heavy atom. The van der Waals surface area contributed by atoms with Crippen molar-refractivity contribution < 1.29 is 19.0 Å². The van der Waals surface area contributed by atoms with Gasteiger partial charge in [0, 0.05) is 4.47 Å². The van der Waals surface area contributed by atoms with Gasteiger partial charge in [-0.25, -0.2) is 4.79 Å². The fraction of sp³-hybridized carbons (Fsp3) is 0.105. The van der Waals surface area contributed by atoms with Crippen LogP contribution in [-0.4, -0.2) is 19.7 Å². The van der Waals surface area contributed by atoms with Crippen LogP contribution in [0.15, 0.2) is 65.1 Å². The standard InChI is InChI=1S/C19H15BrO4/c1-22-16-7-5-13-6-8-18(10-14(13)9-16)24-19(21)12-23-17-4-2-3-15(20)11-17/h2-11H,12H2,1H3. The molecule has 24 heavy (non-hydrogen) atoms. The lowest BCUT2D eigenvalue weighted by Crippen LogP contribution is -2.17. The van der Waals surface area contributed by atoms with E-state index in [2.05, 4.69) is 15.9 Å². The molecule has 3 rings (SSSR count). The zero-order valence-corrected chi connectivity index (χ0v) is 14.6. The molecule has 0 aliphatic heterocycles. The van der Waals surface area contributed by atoms with E-state index >= 15 is 0 Å². The number of methoxy groups -OCH3 is 1. The summed E-state index contributed by atoms with van der Waals surface area (Å²) in [6.07, 6.45) is 0. The van der Waals surface area contributed by atoms with Crippen LogP contribution >= 0.6 is 15.9 Å². The Morgan fingerprint density at radius 2 is 1.67 bits per heavy atom. The van der Waals surface area contributed by atoms with E-state index in [-0.39, 0.29) is 6.61 Å². The van der Waals surface area contributed by atoms with Gasteiger partial charge < -0.3 is 14.2 Å². The van der Waals surface area contributed by atoms with E-state index in [0.717, 1.165) is 21.0 Å². The Kier molecular flexibility index (Phi) is 5.01. The third-order valence-corrected chi connectivity index (χ3v) is 3.90. The Labute approximate surface area is 148 Å². The first-order chi connectivity index (χ1) is 11.6. The van der Waals surface area contributed by atoms with E-state index in [1.54, 1.807) is 31.4 Å². The molecule has 0 heterocycles. The molecule has 0 aromatic heterocycles. The van der Waals surface area contributed by atoms with E-state index < -0.39 is 5.97 Å². The van der Waals surface area contributed by atoms with Crippen LogP contribution in [-0.2, 0) is 4.79 Å². The Hall–Kier alpha value is -2.53. The fourth-order valence-electron chi connectivity index (χ4n) is 2.25. The zero-order valence-electron chi connectivity index (χ0n) is 13.0. The van der Waals surface area contributed by atoms with Gasteiger partial charge in [-0.05, 0) is 53.2 Å². The Morgan fingerprint density at radius 1 is 0.917 bits per heavy atom. The number of carbonyl (C=O) groups excluding carboxylic acids is 1. The largest absolute Gasteiger partial charge is 0.497 e. The minimum Gasteiger partial charge on any atom is -0.497 e. The third-order valence-electron chi connectivity index (χ3n) is 3.40. The molecule has 0 unspecified atom stereocenters. The molecule has 4 nitrogen and oxygen atoms in total. The van der Waals surface area contributed by atoms with E-state index in [1.807, 2.05) is 36.4 Å². The quantitative estimate of drug-likeness (QED) is 0.474. The second-order valence-electron chi connectivity index (χ2n) is 5.10. The van der Waals surface area contributed by atoms with Gasteiger partial charge in [-0.1, -0.05) is 34.1 Å². The molecule has 0 fully saturated rings. The number of hydrogen-bond acceptors (Lipinski definition) is 4. The maximum Gasteiger partial charge on any atom is 0.349 e. The number of carbonyl (C=O) groups is 1. The van der Waals surface area contributed by atoms with Gasteiger partial charge in [0.15, 0.2) is 6.61 Å². The molecular weight excluding hydrogens is 372 g/mol. The number of fused-ring (bicyclic) bond motifs is 1. The van der Waals surface area contributed by atoms with Gasteiger partial charge >= 0.3 is 5.97 Å². The number of rotatable bonds is 5. The van der Waals surface area contributed by atoms with Gasteiger partial charge in [-0.15, -0.1) is 0 Å². The minimum absolute atomic E-state index is 0.160. The summed E-state index contributed by atoms with van der Waals surface area (Å²) in [6.45, 7) is -0.160. The van der Waals surface area contributed by atoms with Crippen LogP contribution in [0.3, 0.4) is 0 Å². The van der Waals surface area contributed by atoms with E-state index in [4.69, 9.17) is 14.2 Å². The summed E-state index contributed by atoms with van der Waals surface area (Å²) in [5.41, 5.74) is 0. The van der Waals surface area contributed by atoms with Gasteiger partial charge in [-0.2, -0.15) is 0 Å². The minimum atomic E-state index is -0.461. The molecule has 0 aliphatic carbocycles. The van der Waals surface area contributed by atoms with Crippen molar-refractivity contribution in [3.8, 4) is 17.2 Å². The Bertz CT molecular complexity index is 876. The average Bonchev–Trinajstić information content (AvgIpc) is 2.59. The first kappa shape index (κ1) is 16.3. The maximum absolute atomic E-state index is 11.9.